The molecule has 0 radical (unpaired) electrons. The lowest BCUT2D eigenvalue weighted by Gasteiger charge is -2.18. The lowest BCUT2D eigenvalue weighted by Crippen LogP contribution is -2.18. The van der Waals surface area contributed by atoms with E-state index in [4.69, 9.17) is 0 Å². The van der Waals surface area contributed by atoms with Gasteiger partial charge in [0.15, 0.2) is 0 Å². The van der Waals surface area contributed by atoms with Gasteiger partial charge in [-0.3, -0.25) is 4.72 Å². The van der Waals surface area contributed by atoms with Crippen LogP contribution in [0.1, 0.15) is 5.56 Å². The van der Waals surface area contributed by atoms with E-state index in [2.05, 4.69) is 9.71 Å². The van der Waals surface area contributed by atoms with Gasteiger partial charge in [0.05, 0.1) is 16.8 Å². The van der Waals surface area contributed by atoms with Gasteiger partial charge in [-0.15, -0.1) is 0 Å². The fourth-order valence-corrected chi connectivity index (χ4v) is 3.48. The van der Waals surface area contributed by atoms with Gasteiger partial charge in [-0.1, -0.05) is 30.3 Å². The number of rotatable bonds is 6. The molecule has 3 aromatic rings. The summed E-state index contributed by atoms with van der Waals surface area (Å²) in [5.41, 5.74) is 1.49. The molecular weight excluding hydrogens is 353 g/mol. The molecule has 26 heavy (non-hydrogen) atoms. The molecule has 134 valence electrons. The predicted molar refractivity (Wildman–Crippen MR) is 100.0 cm³/mol. The highest BCUT2D eigenvalue weighted by Gasteiger charge is 2.14. The number of nitrogens with zero attached hydrogens (tertiary/aromatic N) is 2. The molecule has 0 saturated carbocycles. The van der Waals surface area contributed by atoms with Crippen molar-refractivity contribution in [2.45, 2.75) is 11.4 Å². The number of sulfonamides is 1. The second kappa shape index (κ2) is 7.53. The SMILES string of the molecule is CN(Cc1ccccc1)c1ccc(NS(=O)(=O)c2ccc(F)cc2)cn1. The fourth-order valence-electron chi connectivity index (χ4n) is 2.44. The normalized spacial score (nSPS) is 11.2. The minimum atomic E-state index is -3.78. The molecule has 1 aromatic heterocycles. The van der Waals surface area contributed by atoms with E-state index in [9.17, 15) is 12.8 Å². The van der Waals surface area contributed by atoms with E-state index >= 15 is 0 Å². The molecule has 0 unspecified atom stereocenters. The van der Waals surface area contributed by atoms with Crippen LogP contribution in [0.15, 0.2) is 77.8 Å². The summed E-state index contributed by atoms with van der Waals surface area (Å²) in [6.45, 7) is 0.689. The number of halogens is 1. The Hall–Kier alpha value is -2.93. The highest BCUT2D eigenvalue weighted by molar-refractivity contribution is 7.92. The Bertz CT molecular complexity index is 960. The number of hydrogen-bond donors (Lipinski definition) is 1. The third-order valence-corrected chi connectivity index (χ3v) is 5.17. The number of benzene rings is 2. The van der Waals surface area contributed by atoms with E-state index in [1.807, 2.05) is 42.3 Å². The van der Waals surface area contributed by atoms with Crippen LogP contribution in [0.2, 0.25) is 0 Å². The lowest BCUT2D eigenvalue weighted by atomic mass is 10.2. The van der Waals surface area contributed by atoms with Crippen LogP contribution in [-0.2, 0) is 16.6 Å². The highest BCUT2D eigenvalue weighted by Crippen LogP contribution is 2.19. The van der Waals surface area contributed by atoms with Crippen molar-refractivity contribution in [2.75, 3.05) is 16.7 Å². The molecule has 5 nitrogen and oxygen atoms in total. The van der Waals surface area contributed by atoms with Crippen LogP contribution in [0, 0.1) is 5.82 Å². The average Bonchev–Trinajstić information content (AvgIpc) is 2.63. The van der Waals surface area contributed by atoms with Crippen LogP contribution >= 0.6 is 0 Å². The first-order chi connectivity index (χ1) is 12.4. The zero-order valence-electron chi connectivity index (χ0n) is 14.1. The number of hydrogen-bond acceptors (Lipinski definition) is 4. The average molecular weight is 371 g/mol. The van der Waals surface area contributed by atoms with Gasteiger partial charge in [-0.2, -0.15) is 0 Å². The monoisotopic (exact) mass is 371 g/mol. The molecule has 1 N–H and O–H groups in total. The second-order valence-electron chi connectivity index (χ2n) is 5.81. The maximum atomic E-state index is 12.9. The molecule has 2 aromatic carbocycles. The van der Waals surface area contributed by atoms with Gasteiger partial charge in [-0.05, 0) is 42.0 Å². The van der Waals surface area contributed by atoms with E-state index in [0.717, 1.165) is 23.5 Å². The van der Waals surface area contributed by atoms with Crippen molar-refractivity contribution >= 4 is 21.5 Å². The Labute approximate surface area is 152 Å². The molecule has 0 aliphatic rings. The number of pyridine rings is 1. The van der Waals surface area contributed by atoms with Gasteiger partial charge in [0.2, 0.25) is 0 Å². The Morgan fingerprint density at radius 3 is 2.31 bits per heavy atom. The van der Waals surface area contributed by atoms with Crippen molar-refractivity contribution < 1.29 is 12.8 Å². The van der Waals surface area contributed by atoms with Crippen LogP contribution in [0.4, 0.5) is 15.9 Å². The van der Waals surface area contributed by atoms with E-state index in [0.29, 0.717) is 12.2 Å². The molecule has 0 fully saturated rings. The van der Waals surface area contributed by atoms with Crippen molar-refractivity contribution in [3.8, 4) is 0 Å². The maximum Gasteiger partial charge on any atom is 0.261 e. The lowest BCUT2D eigenvalue weighted by molar-refractivity contribution is 0.599. The quantitative estimate of drug-likeness (QED) is 0.718. The van der Waals surface area contributed by atoms with Crippen LogP contribution in [0.25, 0.3) is 0 Å². The number of aromatic nitrogens is 1. The van der Waals surface area contributed by atoms with Crippen molar-refractivity contribution in [1.29, 1.82) is 0 Å². The van der Waals surface area contributed by atoms with Gasteiger partial charge < -0.3 is 4.90 Å². The minimum absolute atomic E-state index is 0.0100. The molecule has 0 amide bonds. The smallest absolute Gasteiger partial charge is 0.261 e. The van der Waals surface area contributed by atoms with Crippen molar-refractivity contribution in [1.82, 2.24) is 4.98 Å². The summed E-state index contributed by atoms with van der Waals surface area (Å²) in [5.74, 6) is 0.231. The Morgan fingerprint density at radius 1 is 1.00 bits per heavy atom. The summed E-state index contributed by atoms with van der Waals surface area (Å²) in [4.78, 5) is 6.26. The van der Waals surface area contributed by atoms with Crippen molar-refractivity contribution in [3.63, 3.8) is 0 Å². The van der Waals surface area contributed by atoms with Crippen molar-refractivity contribution in [3.05, 3.63) is 84.3 Å². The van der Waals surface area contributed by atoms with Crippen molar-refractivity contribution in [2.24, 2.45) is 0 Å². The number of anilines is 2. The van der Waals surface area contributed by atoms with Crippen LogP contribution in [-0.4, -0.2) is 20.4 Å². The number of nitrogens with one attached hydrogen (secondary N) is 1. The molecule has 0 spiro atoms. The first-order valence-electron chi connectivity index (χ1n) is 7.93. The molecule has 0 saturated heterocycles. The van der Waals surface area contributed by atoms with Gasteiger partial charge in [0.1, 0.15) is 11.6 Å². The fraction of sp³-hybridized carbons (Fsp3) is 0.105. The minimum Gasteiger partial charge on any atom is -0.355 e. The standard InChI is InChI=1S/C19H18FN3O2S/c1-23(14-15-5-3-2-4-6-15)19-12-9-17(13-21-19)22-26(24,25)18-10-7-16(20)8-11-18/h2-13,22H,14H2,1H3. The molecule has 0 aliphatic heterocycles. The summed E-state index contributed by atoms with van der Waals surface area (Å²) in [6.07, 6.45) is 1.46. The van der Waals surface area contributed by atoms with E-state index < -0.39 is 15.8 Å². The molecule has 7 heteroatoms. The van der Waals surface area contributed by atoms with Crippen LogP contribution in [0.5, 0.6) is 0 Å². The Morgan fingerprint density at radius 2 is 1.69 bits per heavy atom. The zero-order valence-corrected chi connectivity index (χ0v) is 14.9. The van der Waals surface area contributed by atoms with Gasteiger partial charge >= 0.3 is 0 Å². The van der Waals surface area contributed by atoms with Crippen LogP contribution in [0.3, 0.4) is 0 Å². The van der Waals surface area contributed by atoms with E-state index in [1.165, 1.54) is 18.3 Å². The van der Waals surface area contributed by atoms with Gasteiger partial charge in [-0.25, -0.2) is 17.8 Å². The first kappa shape index (κ1) is 17.9. The van der Waals surface area contributed by atoms with Gasteiger partial charge in [0, 0.05) is 13.6 Å². The third-order valence-electron chi connectivity index (χ3n) is 3.78. The van der Waals surface area contributed by atoms with E-state index in [-0.39, 0.29) is 4.90 Å². The Kier molecular flexibility index (Phi) is 5.18. The van der Waals surface area contributed by atoms with E-state index in [1.54, 1.807) is 12.1 Å². The molecular formula is C19H18FN3O2S. The molecule has 0 bridgehead atoms. The topological polar surface area (TPSA) is 62.3 Å². The van der Waals surface area contributed by atoms with Crippen LogP contribution < -0.4 is 9.62 Å². The second-order valence-corrected chi connectivity index (χ2v) is 7.49. The molecule has 0 aliphatic carbocycles. The maximum absolute atomic E-state index is 12.9. The zero-order chi connectivity index (χ0) is 18.6. The summed E-state index contributed by atoms with van der Waals surface area (Å²) in [6, 6.07) is 18.0. The summed E-state index contributed by atoms with van der Waals surface area (Å²) >= 11 is 0. The first-order valence-corrected chi connectivity index (χ1v) is 9.42. The predicted octanol–water partition coefficient (Wildman–Crippen LogP) is 3.66. The molecule has 0 atom stereocenters. The molecule has 1 heterocycles. The Balaban J connectivity index is 1.70. The summed E-state index contributed by atoms with van der Waals surface area (Å²) in [7, 11) is -1.87. The molecule has 3 rings (SSSR count). The summed E-state index contributed by atoms with van der Waals surface area (Å²) < 4.78 is 40.0. The highest BCUT2D eigenvalue weighted by atomic mass is 32.2. The summed E-state index contributed by atoms with van der Waals surface area (Å²) in [5, 5.41) is 0. The largest absolute Gasteiger partial charge is 0.355 e. The third kappa shape index (κ3) is 4.37. The van der Waals surface area contributed by atoms with Gasteiger partial charge in [0.25, 0.3) is 10.0 Å².